The van der Waals surface area contributed by atoms with Gasteiger partial charge in [-0.05, 0) is 56.3 Å². The SMILES string of the molecule is CCN(CC)c1ccc(Nc2ccnc(Nc3ccccc3C(=O)OC)n2)cc1. The zero-order valence-corrected chi connectivity index (χ0v) is 16.8. The lowest BCUT2D eigenvalue weighted by atomic mass is 10.2. The Morgan fingerprint density at radius 2 is 1.72 bits per heavy atom. The average molecular weight is 391 g/mol. The number of nitrogens with zero attached hydrogens (tertiary/aromatic N) is 3. The maximum atomic E-state index is 11.9. The summed E-state index contributed by atoms with van der Waals surface area (Å²) in [4.78, 5) is 22.9. The van der Waals surface area contributed by atoms with E-state index < -0.39 is 5.97 Å². The van der Waals surface area contributed by atoms with E-state index in [0.717, 1.165) is 18.8 Å². The Morgan fingerprint density at radius 1 is 1.00 bits per heavy atom. The van der Waals surface area contributed by atoms with Crippen LogP contribution >= 0.6 is 0 Å². The molecule has 0 saturated heterocycles. The number of anilines is 5. The number of nitrogens with one attached hydrogen (secondary N) is 2. The minimum atomic E-state index is -0.421. The normalized spacial score (nSPS) is 10.3. The monoisotopic (exact) mass is 391 g/mol. The smallest absolute Gasteiger partial charge is 0.339 e. The van der Waals surface area contributed by atoms with Gasteiger partial charge >= 0.3 is 5.97 Å². The van der Waals surface area contributed by atoms with E-state index in [4.69, 9.17) is 4.74 Å². The van der Waals surface area contributed by atoms with Crippen LogP contribution in [0.25, 0.3) is 0 Å². The third-order valence-electron chi connectivity index (χ3n) is 4.50. The number of carbonyl (C=O) groups excluding carboxylic acids is 1. The highest BCUT2D eigenvalue weighted by atomic mass is 16.5. The van der Waals surface area contributed by atoms with E-state index in [1.54, 1.807) is 30.5 Å². The van der Waals surface area contributed by atoms with Crippen LogP contribution in [-0.4, -0.2) is 36.1 Å². The molecule has 0 aliphatic heterocycles. The van der Waals surface area contributed by atoms with Gasteiger partial charge in [-0.15, -0.1) is 0 Å². The third kappa shape index (κ3) is 5.01. The van der Waals surface area contributed by atoms with Gasteiger partial charge in [0, 0.05) is 30.7 Å². The van der Waals surface area contributed by atoms with Crippen molar-refractivity contribution >= 4 is 34.8 Å². The van der Waals surface area contributed by atoms with Crippen LogP contribution in [0.4, 0.5) is 28.8 Å². The second-order valence-electron chi connectivity index (χ2n) is 6.27. The van der Waals surface area contributed by atoms with Crippen molar-refractivity contribution in [3.63, 3.8) is 0 Å². The number of benzene rings is 2. The summed E-state index contributed by atoms with van der Waals surface area (Å²) in [7, 11) is 1.35. The molecule has 7 nitrogen and oxygen atoms in total. The van der Waals surface area contributed by atoms with E-state index >= 15 is 0 Å². The van der Waals surface area contributed by atoms with E-state index in [1.165, 1.54) is 12.8 Å². The molecule has 0 saturated carbocycles. The van der Waals surface area contributed by atoms with Crippen molar-refractivity contribution in [1.29, 1.82) is 0 Å². The lowest BCUT2D eigenvalue weighted by molar-refractivity contribution is 0.0602. The van der Waals surface area contributed by atoms with Crippen molar-refractivity contribution in [3.05, 3.63) is 66.4 Å². The number of hydrogen-bond donors (Lipinski definition) is 2. The molecule has 0 atom stereocenters. The molecule has 3 rings (SSSR count). The summed E-state index contributed by atoms with van der Waals surface area (Å²) in [5.74, 6) is 0.607. The van der Waals surface area contributed by atoms with Crippen molar-refractivity contribution in [2.45, 2.75) is 13.8 Å². The maximum Gasteiger partial charge on any atom is 0.339 e. The summed E-state index contributed by atoms with van der Waals surface area (Å²) in [6.45, 7) is 6.22. The molecule has 2 N–H and O–H groups in total. The van der Waals surface area contributed by atoms with Gasteiger partial charge in [0.05, 0.1) is 18.4 Å². The van der Waals surface area contributed by atoms with E-state index in [1.807, 2.05) is 18.2 Å². The van der Waals surface area contributed by atoms with Gasteiger partial charge in [0.1, 0.15) is 5.82 Å². The van der Waals surface area contributed by atoms with Crippen LogP contribution in [-0.2, 0) is 4.74 Å². The summed E-state index contributed by atoms with van der Waals surface area (Å²) in [6.07, 6.45) is 1.66. The summed E-state index contributed by atoms with van der Waals surface area (Å²) >= 11 is 0. The fraction of sp³-hybridized carbons (Fsp3) is 0.227. The minimum absolute atomic E-state index is 0.381. The fourth-order valence-electron chi connectivity index (χ4n) is 2.98. The second kappa shape index (κ2) is 9.54. The molecule has 7 heteroatoms. The lowest BCUT2D eigenvalue weighted by Gasteiger charge is -2.21. The van der Waals surface area contributed by atoms with Crippen molar-refractivity contribution in [2.75, 3.05) is 35.7 Å². The summed E-state index contributed by atoms with van der Waals surface area (Å²) < 4.78 is 4.82. The summed E-state index contributed by atoms with van der Waals surface area (Å²) in [6, 6.07) is 17.1. The molecule has 0 aliphatic carbocycles. The van der Waals surface area contributed by atoms with Gasteiger partial charge in [-0.25, -0.2) is 9.78 Å². The van der Waals surface area contributed by atoms with Gasteiger partial charge in [0.15, 0.2) is 0 Å². The topological polar surface area (TPSA) is 79.4 Å². The molecule has 0 bridgehead atoms. The number of carbonyl (C=O) groups is 1. The number of aromatic nitrogens is 2. The largest absolute Gasteiger partial charge is 0.465 e. The zero-order valence-electron chi connectivity index (χ0n) is 16.8. The van der Waals surface area contributed by atoms with Crippen LogP contribution in [0.15, 0.2) is 60.8 Å². The van der Waals surface area contributed by atoms with E-state index in [0.29, 0.717) is 23.0 Å². The second-order valence-corrected chi connectivity index (χ2v) is 6.27. The first-order valence-corrected chi connectivity index (χ1v) is 9.54. The van der Waals surface area contributed by atoms with Gasteiger partial charge in [-0.3, -0.25) is 0 Å². The predicted octanol–water partition coefficient (Wildman–Crippen LogP) is 4.60. The number of methoxy groups -OCH3 is 1. The summed E-state index contributed by atoms with van der Waals surface area (Å²) in [5.41, 5.74) is 3.12. The van der Waals surface area contributed by atoms with Crippen LogP contribution in [0, 0.1) is 0 Å². The molecule has 150 valence electrons. The maximum absolute atomic E-state index is 11.9. The zero-order chi connectivity index (χ0) is 20.6. The van der Waals surface area contributed by atoms with Gasteiger partial charge in [0.2, 0.25) is 5.95 Å². The predicted molar refractivity (Wildman–Crippen MR) is 116 cm³/mol. The molecule has 29 heavy (non-hydrogen) atoms. The highest BCUT2D eigenvalue weighted by Crippen LogP contribution is 2.23. The molecule has 2 aromatic carbocycles. The molecular weight excluding hydrogens is 366 g/mol. The summed E-state index contributed by atoms with van der Waals surface area (Å²) in [5, 5.41) is 6.36. The lowest BCUT2D eigenvalue weighted by Crippen LogP contribution is -2.21. The third-order valence-corrected chi connectivity index (χ3v) is 4.50. The van der Waals surface area contributed by atoms with Gasteiger partial charge < -0.3 is 20.3 Å². The van der Waals surface area contributed by atoms with Gasteiger partial charge in [0.25, 0.3) is 0 Å². The van der Waals surface area contributed by atoms with Crippen molar-refractivity contribution in [3.8, 4) is 0 Å². The van der Waals surface area contributed by atoms with Gasteiger partial charge in [-0.1, -0.05) is 12.1 Å². The van der Waals surface area contributed by atoms with Crippen LogP contribution in [0.2, 0.25) is 0 Å². The van der Waals surface area contributed by atoms with E-state index in [-0.39, 0.29) is 0 Å². The molecule has 0 unspecified atom stereocenters. The molecule has 0 radical (unpaired) electrons. The van der Waals surface area contributed by atoms with Crippen LogP contribution in [0.5, 0.6) is 0 Å². The molecule has 0 amide bonds. The van der Waals surface area contributed by atoms with Crippen molar-refractivity contribution in [2.24, 2.45) is 0 Å². The van der Waals surface area contributed by atoms with E-state index in [2.05, 4.69) is 51.5 Å². The minimum Gasteiger partial charge on any atom is -0.465 e. The number of ether oxygens (including phenoxy) is 1. The molecule has 1 aromatic heterocycles. The van der Waals surface area contributed by atoms with Gasteiger partial charge in [-0.2, -0.15) is 4.98 Å². The Hall–Kier alpha value is -3.61. The molecule has 0 fully saturated rings. The van der Waals surface area contributed by atoms with Crippen LogP contribution < -0.4 is 15.5 Å². The average Bonchev–Trinajstić information content (AvgIpc) is 2.76. The Labute approximate surface area is 170 Å². The van der Waals surface area contributed by atoms with Crippen LogP contribution in [0.3, 0.4) is 0 Å². The molecule has 3 aromatic rings. The fourth-order valence-corrected chi connectivity index (χ4v) is 2.98. The molecule has 1 heterocycles. The Kier molecular flexibility index (Phi) is 6.63. The molecule has 0 spiro atoms. The standard InChI is InChI=1S/C22H25N5O2/c1-4-27(5-2)17-12-10-16(11-13-17)24-20-14-15-23-22(26-20)25-19-9-7-6-8-18(19)21(28)29-3/h6-15H,4-5H2,1-3H3,(H2,23,24,25,26). The highest BCUT2D eigenvalue weighted by Gasteiger charge is 2.12. The first kappa shape index (κ1) is 20.1. The number of hydrogen-bond acceptors (Lipinski definition) is 7. The van der Waals surface area contributed by atoms with E-state index in [9.17, 15) is 4.79 Å². The Morgan fingerprint density at radius 3 is 2.41 bits per heavy atom. The molecule has 0 aliphatic rings. The number of esters is 1. The number of rotatable bonds is 8. The van der Waals surface area contributed by atoms with Crippen molar-refractivity contribution in [1.82, 2.24) is 9.97 Å². The van der Waals surface area contributed by atoms with Crippen molar-refractivity contribution < 1.29 is 9.53 Å². The molecular formula is C22H25N5O2. The van der Waals surface area contributed by atoms with Crippen LogP contribution in [0.1, 0.15) is 24.2 Å². The number of para-hydroxylation sites is 1. The quantitative estimate of drug-likeness (QED) is 0.543. The first-order valence-electron chi connectivity index (χ1n) is 9.54. The first-order chi connectivity index (χ1) is 14.1. The highest BCUT2D eigenvalue weighted by molar-refractivity contribution is 5.96. The Bertz CT molecular complexity index is 955. The Balaban J connectivity index is 1.75.